The van der Waals surface area contributed by atoms with Gasteiger partial charge in [-0.05, 0) is 29.8 Å². The molecule has 3 rings (SSSR count). The maximum atomic E-state index is 13.4. The third-order valence-electron chi connectivity index (χ3n) is 4.39. The number of sulfone groups is 2. The molecular formula is C20H17NO6S2. The minimum absolute atomic E-state index is 0.0255. The Morgan fingerprint density at radius 1 is 0.621 bits per heavy atom. The largest absolute Gasteiger partial charge is 0.335 e. The van der Waals surface area contributed by atoms with Crippen molar-refractivity contribution >= 4 is 19.7 Å². The third-order valence-corrected chi connectivity index (χ3v) is 8.70. The normalized spacial score (nSPS) is 14.1. The summed E-state index contributed by atoms with van der Waals surface area (Å²) >= 11 is 0. The zero-order valence-electron chi connectivity index (χ0n) is 15.0. The average Bonchev–Trinajstić information content (AvgIpc) is 2.73. The van der Waals surface area contributed by atoms with Crippen LogP contribution in [0.1, 0.15) is 10.8 Å². The van der Waals surface area contributed by atoms with Gasteiger partial charge in [-0.2, -0.15) is 0 Å². The molecule has 0 aliphatic rings. The van der Waals surface area contributed by atoms with Crippen molar-refractivity contribution in [2.45, 2.75) is 20.4 Å². The zero-order chi connectivity index (χ0) is 21.1. The van der Waals surface area contributed by atoms with Crippen LogP contribution in [0.25, 0.3) is 0 Å². The van der Waals surface area contributed by atoms with Gasteiger partial charge in [0.15, 0.2) is 15.1 Å². The number of rotatable bonds is 7. The van der Waals surface area contributed by atoms with Gasteiger partial charge in [0.25, 0.3) is 0 Å². The summed E-state index contributed by atoms with van der Waals surface area (Å²) in [5, 5.41) is 7.63. The van der Waals surface area contributed by atoms with Crippen molar-refractivity contribution in [2.24, 2.45) is 0 Å². The smallest absolute Gasteiger partial charge is 0.263 e. The maximum Gasteiger partial charge on any atom is 0.335 e. The summed E-state index contributed by atoms with van der Waals surface area (Å²) in [4.78, 5) is 10.4. The summed E-state index contributed by atoms with van der Waals surface area (Å²) in [5.74, 6) is 0. The van der Waals surface area contributed by atoms with Crippen LogP contribution in [0.4, 0.5) is 0 Å². The van der Waals surface area contributed by atoms with Crippen molar-refractivity contribution < 1.29 is 21.8 Å². The second-order valence-corrected chi connectivity index (χ2v) is 10.3. The van der Waals surface area contributed by atoms with E-state index in [0.29, 0.717) is 0 Å². The Morgan fingerprint density at radius 2 is 1.00 bits per heavy atom. The highest BCUT2D eigenvalue weighted by Crippen LogP contribution is 2.37. The van der Waals surface area contributed by atoms with Crippen molar-refractivity contribution in [3.05, 3.63) is 107 Å². The predicted molar refractivity (Wildman–Crippen MR) is 107 cm³/mol. The summed E-state index contributed by atoms with van der Waals surface area (Å²) in [5.41, 5.74) is 0.0255. The minimum Gasteiger partial charge on any atom is -0.263 e. The lowest BCUT2D eigenvalue weighted by molar-refractivity contribution is -0.497. The van der Waals surface area contributed by atoms with E-state index in [4.69, 9.17) is 0 Å². The fourth-order valence-corrected chi connectivity index (χ4v) is 7.19. The standard InChI is InChI=1S/C20H17NO6S2/c22-21(23)20(29(26,27)18-14-8-3-9-15-18)19(16-10-4-1-5-11-16)28(24,25)17-12-6-2-7-13-17/h1-15,19-20H. The highest BCUT2D eigenvalue weighted by molar-refractivity contribution is 7.95. The number of hydrogen-bond donors (Lipinski definition) is 0. The SMILES string of the molecule is O=[N+]([O-])C(C(c1ccccc1)S(=O)(=O)c1ccccc1)S(=O)(=O)c1ccccc1. The van der Waals surface area contributed by atoms with Crippen molar-refractivity contribution in [1.29, 1.82) is 0 Å². The molecule has 3 aromatic rings. The summed E-state index contributed by atoms with van der Waals surface area (Å²) < 4.78 is 53.1. The molecule has 0 spiro atoms. The van der Waals surface area contributed by atoms with Crippen LogP contribution in [0.2, 0.25) is 0 Å². The van der Waals surface area contributed by atoms with E-state index in [1.54, 1.807) is 18.2 Å². The first kappa shape index (κ1) is 20.7. The van der Waals surface area contributed by atoms with Crippen molar-refractivity contribution in [1.82, 2.24) is 0 Å². The molecule has 150 valence electrons. The molecule has 0 heterocycles. The first-order valence-corrected chi connectivity index (χ1v) is 11.6. The topological polar surface area (TPSA) is 111 Å². The summed E-state index contributed by atoms with van der Waals surface area (Å²) in [6, 6.07) is 21.3. The molecule has 2 unspecified atom stereocenters. The zero-order valence-corrected chi connectivity index (χ0v) is 16.7. The summed E-state index contributed by atoms with van der Waals surface area (Å²) in [7, 11) is -9.03. The van der Waals surface area contributed by atoms with E-state index in [9.17, 15) is 26.9 Å². The van der Waals surface area contributed by atoms with Gasteiger partial charge < -0.3 is 0 Å². The van der Waals surface area contributed by atoms with Crippen LogP contribution < -0.4 is 0 Å². The molecular weight excluding hydrogens is 414 g/mol. The van der Waals surface area contributed by atoms with Gasteiger partial charge in [-0.3, -0.25) is 10.1 Å². The molecule has 29 heavy (non-hydrogen) atoms. The Balaban J connectivity index is 2.29. The molecule has 0 aliphatic carbocycles. The second kappa shape index (κ2) is 8.14. The van der Waals surface area contributed by atoms with Crippen LogP contribution in [0, 0.1) is 10.1 Å². The molecule has 0 N–H and O–H groups in total. The summed E-state index contributed by atoms with van der Waals surface area (Å²) in [6.07, 6.45) is 0. The van der Waals surface area contributed by atoms with Gasteiger partial charge in [0, 0.05) is 4.92 Å². The molecule has 0 fully saturated rings. The molecule has 0 aromatic heterocycles. The van der Waals surface area contributed by atoms with Gasteiger partial charge in [-0.15, -0.1) is 0 Å². The number of nitrogens with zero attached hydrogens (tertiary/aromatic N) is 1. The van der Waals surface area contributed by atoms with E-state index >= 15 is 0 Å². The Labute approximate surface area is 168 Å². The van der Waals surface area contributed by atoms with E-state index in [0.717, 1.165) is 0 Å². The lowest BCUT2D eigenvalue weighted by Crippen LogP contribution is -2.39. The lowest BCUT2D eigenvalue weighted by atomic mass is 10.1. The highest BCUT2D eigenvalue weighted by Gasteiger charge is 2.52. The molecule has 0 saturated carbocycles. The second-order valence-electron chi connectivity index (χ2n) is 6.22. The van der Waals surface area contributed by atoms with Gasteiger partial charge in [-0.25, -0.2) is 16.8 Å². The fourth-order valence-electron chi connectivity index (χ4n) is 3.03. The molecule has 0 bridgehead atoms. The van der Waals surface area contributed by atoms with Crippen LogP contribution in [0.3, 0.4) is 0 Å². The van der Waals surface area contributed by atoms with E-state index in [2.05, 4.69) is 0 Å². The van der Waals surface area contributed by atoms with Gasteiger partial charge in [0.05, 0.1) is 9.79 Å². The Hall–Kier alpha value is -3.04. The van der Waals surface area contributed by atoms with Crippen molar-refractivity contribution in [3.8, 4) is 0 Å². The fraction of sp³-hybridized carbons (Fsp3) is 0.100. The van der Waals surface area contributed by atoms with Gasteiger partial charge in [0.2, 0.25) is 9.84 Å². The molecule has 0 aliphatic heterocycles. The third kappa shape index (κ3) is 4.06. The van der Waals surface area contributed by atoms with Crippen molar-refractivity contribution in [3.63, 3.8) is 0 Å². The van der Waals surface area contributed by atoms with Crippen LogP contribution >= 0.6 is 0 Å². The molecule has 2 atom stereocenters. The predicted octanol–water partition coefficient (Wildman–Crippen LogP) is 3.28. The van der Waals surface area contributed by atoms with E-state index < -0.39 is 35.2 Å². The van der Waals surface area contributed by atoms with Gasteiger partial charge >= 0.3 is 5.37 Å². The molecule has 7 nitrogen and oxygen atoms in total. The first-order chi connectivity index (χ1) is 13.8. The van der Waals surface area contributed by atoms with E-state index in [1.807, 2.05) is 0 Å². The molecule has 3 aromatic carbocycles. The van der Waals surface area contributed by atoms with Crippen molar-refractivity contribution in [2.75, 3.05) is 0 Å². The highest BCUT2D eigenvalue weighted by atomic mass is 32.2. The molecule has 0 radical (unpaired) electrons. The minimum atomic E-state index is -4.62. The average molecular weight is 431 g/mol. The first-order valence-electron chi connectivity index (χ1n) is 8.52. The van der Waals surface area contributed by atoms with Gasteiger partial charge in [0.1, 0.15) is 0 Å². The monoisotopic (exact) mass is 431 g/mol. The Bertz CT molecular complexity index is 1200. The van der Waals surface area contributed by atoms with Crippen LogP contribution in [-0.4, -0.2) is 27.1 Å². The molecule has 0 amide bonds. The molecule has 9 heteroatoms. The summed E-state index contributed by atoms with van der Waals surface area (Å²) in [6.45, 7) is 0. The number of benzene rings is 3. The van der Waals surface area contributed by atoms with Crippen LogP contribution in [-0.2, 0) is 19.7 Å². The van der Waals surface area contributed by atoms with Crippen LogP contribution in [0.5, 0.6) is 0 Å². The maximum absolute atomic E-state index is 13.4. The molecule has 0 saturated heterocycles. The number of hydrogen-bond acceptors (Lipinski definition) is 6. The van der Waals surface area contributed by atoms with Crippen LogP contribution in [0.15, 0.2) is 101 Å². The number of nitro groups is 1. The lowest BCUT2D eigenvalue weighted by Gasteiger charge is -2.22. The van der Waals surface area contributed by atoms with E-state index in [-0.39, 0.29) is 15.4 Å². The van der Waals surface area contributed by atoms with E-state index in [1.165, 1.54) is 72.8 Å². The van der Waals surface area contributed by atoms with Gasteiger partial charge in [-0.1, -0.05) is 66.7 Å². The quantitative estimate of drug-likeness (QED) is 0.419. The Kier molecular flexibility index (Phi) is 5.81. The Morgan fingerprint density at radius 3 is 1.41 bits per heavy atom.